The molecular formula is C15H9ClN2O2. The maximum atomic E-state index is 10.6. The number of halogens is 1. The molecule has 0 saturated carbocycles. The van der Waals surface area contributed by atoms with Crippen LogP contribution >= 0.6 is 11.6 Å². The molecule has 0 aliphatic heterocycles. The molecule has 0 bridgehead atoms. The molecule has 2 aromatic carbocycles. The minimum atomic E-state index is -0.460. The second-order valence-corrected chi connectivity index (χ2v) is 4.46. The molecule has 0 aromatic heterocycles. The number of benzene rings is 2. The third-order valence-corrected chi connectivity index (χ3v) is 2.94. The van der Waals surface area contributed by atoms with E-state index in [1.165, 1.54) is 12.1 Å². The summed E-state index contributed by atoms with van der Waals surface area (Å²) in [6, 6.07) is 15.0. The molecule has 0 saturated heterocycles. The highest BCUT2D eigenvalue weighted by atomic mass is 35.5. The SMILES string of the molecule is N#C/C(=C\c1ccc([N+](=O)[O-])cc1)c1ccc(Cl)cc1. The van der Waals surface area contributed by atoms with E-state index in [0.29, 0.717) is 10.6 Å². The topological polar surface area (TPSA) is 66.9 Å². The average molecular weight is 285 g/mol. The predicted molar refractivity (Wildman–Crippen MR) is 78.0 cm³/mol. The summed E-state index contributed by atoms with van der Waals surface area (Å²) in [5, 5.41) is 20.4. The van der Waals surface area contributed by atoms with Gasteiger partial charge in [0.15, 0.2) is 0 Å². The molecule has 20 heavy (non-hydrogen) atoms. The molecule has 0 spiro atoms. The maximum absolute atomic E-state index is 10.6. The van der Waals surface area contributed by atoms with Crippen molar-refractivity contribution >= 4 is 28.9 Å². The van der Waals surface area contributed by atoms with Crippen molar-refractivity contribution in [3.8, 4) is 6.07 Å². The Balaban J connectivity index is 2.34. The Morgan fingerprint density at radius 3 is 2.25 bits per heavy atom. The van der Waals surface area contributed by atoms with Crippen LogP contribution in [0.5, 0.6) is 0 Å². The van der Waals surface area contributed by atoms with Gasteiger partial charge in [-0.15, -0.1) is 0 Å². The first-order chi connectivity index (χ1) is 9.60. The quantitative estimate of drug-likeness (QED) is 0.365. The van der Waals surface area contributed by atoms with Crippen LogP contribution in [0.4, 0.5) is 5.69 Å². The molecule has 0 fully saturated rings. The van der Waals surface area contributed by atoms with Crippen molar-refractivity contribution in [1.29, 1.82) is 5.26 Å². The fourth-order valence-electron chi connectivity index (χ4n) is 1.67. The van der Waals surface area contributed by atoms with Gasteiger partial charge in [-0.3, -0.25) is 10.1 Å². The highest BCUT2D eigenvalue weighted by Crippen LogP contribution is 2.21. The summed E-state index contributed by atoms with van der Waals surface area (Å²) in [5.41, 5.74) is 1.96. The first-order valence-corrected chi connectivity index (χ1v) is 6.10. The number of hydrogen-bond donors (Lipinski definition) is 0. The van der Waals surface area contributed by atoms with E-state index in [1.807, 2.05) is 0 Å². The average Bonchev–Trinajstić information content (AvgIpc) is 2.46. The number of allylic oxidation sites excluding steroid dienone is 1. The molecule has 2 rings (SSSR count). The molecule has 0 atom stereocenters. The van der Waals surface area contributed by atoms with Crippen molar-refractivity contribution < 1.29 is 4.92 Å². The van der Waals surface area contributed by atoms with Gasteiger partial charge in [0.1, 0.15) is 0 Å². The molecule has 5 heteroatoms. The number of nitro groups is 1. The van der Waals surface area contributed by atoms with E-state index in [9.17, 15) is 15.4 Å². The van der Waals surface area contributed by atoms with Crippen LogP contribution < -0.4 is 0 Å². The van der Waals surface area contributed by atoms with Crippen molar-refractivity contribution in [3.05, 3.63) is 74.8 Å². The van der Waals surface area contributed by atoms with E-state index < -0.39 is 4.92 Å². The van der Waals surface area contributed by atoms with Gasteiger partial charge >= 0.3 is 0 Å². The van der Waals surface area contributed by atoms with E-state index in [4.69, 9.17) is 11.6 Å². The van der Waals surface area contributed by atoms with Crippen molar-refractivity contribution in [3.63, 3.8) is 0 Å². The van der Waals surface area contributed by atoms with Gasteiger partial charge in [-0.2, -0.15) is 5.26 Å². The summed E-state index contributed by atoms with van der Waals surface area (Å²) in [6.45, 7) is 0. The second kappa shape index (κ2) is 6.00. The number of nitro benzene ring substituents is 1. The van der Waals surface area contributed by atoms with Crippen LogP contribution in [0.2, 0.25) is 5.02 Å². The maximum Gasteiger partial charge on any atom is 0.269 e. The molecule has 98 valence electrons. The minimum Gasteiger partial charge on any atom is -0.258 e. The van der Waals surface area contributed by atoms with E-state index in [2.05, 4.69) is 6.07 Å². The van der Waals surface area contributed by atoms with Crippen LogP contribution in [-0.4, -0.2) is 4.92 Å². The molecule has 0 heterocycles. The number of nitriles is 1. The Hall–Kier alpha value is -2.64. The van der Waals surface area contributed by atoms with Crippen molar-refractivity contribution in [2.24, 2.45) is 0 Å². The normalized spacial score (nSPS) is 10.9. The Morgan fingerprint density at radius 1 is 1.15 bits per heavy atom. The van der Waals surface area contributed by atoms with Gasteiger partial charge in [0.05, 0.1) is 16.6 Å². The summed E-state index contributed by atoms with van der Waals surface area (Å²) < 4.78 is 0. The lowest BCUT2D eigenvalue weighted by atomic mass is 10.0. The molecule has 0 N–H and O–H groups in total. The zero-order valence-corrected chi connectivity index (χ0v) is 11.0. The van der Waals surface area contributed by atoms with Crippen molar-refractivity contribution in [2.75, 3.05) is 0 Å². The van der Waals surface area contributed by atoms with Crippen molar-refractivity contribution in [2.45, 2.75) is 0 Å². The molecule has 0 aliphatic carbocycles. The van der Waals surface area contributed by atoms with Gasteiger partial charge < -0.3 is 0 Å². The molecule has 0 radical (unpaired) electrons. The Morgan fingerprint density at radius 2 is 1.75 bits per heavy atom. The fraction of sp³-hybridized carbons (Fsp3) is 0. The fourth-order valence-corrected chi connectivity index (χ4v) is 1.79. The lowest BCUT2D eigenvalue weighted by Gasteiger charge is -2.00. The van der Waals surface area contributed by atoms with Crippen LogP contribution in [0.25, 0.3) is 11.6 Å². The highest BCUT2D eigenvalue weighted by molar-refractivity contribution is 6.30. The molecule has 0 aliphatic rings. The van der Waals surface area contributed by atoms with Crippen LogP contribution in [0.3, 0.4) is 0 Å². The zero-order chi connectivity index (χ0) is 14.5. The standard InChI is InChI=1S/C15H9ClN2O2/c16-14-5-3-12(4-6-14)13(10-17)9-11-1-7-15(8-2-11)18(19)20/h1-9H/b13-9+. The summed E-state index contributed by atoms with van der Waals surface area (Å²) in [7, 11) is 0. The van der Waals surface area contributed by atoms with Crippen molar-refractivity contribution in [1.82, 2.24) is 0 Å². The first-order valence-electron chi connectivity index (χ1n) is 5.72. The van der Waals surface area contributed by atoms with Gasteiger partial charge in [0.2, 0.25) is 0 Å². The first kappa shape index (κ1) is 13.8. The molecule has 4 nitrogen and oxygen atoms in total. The van der Waals surface area contributed by atoms with Crippen LogP contribution in [0.1, 0.15) is 11.1 Å². The van der Waals surface area contributed by atoms with Crippen LogP contribution in [0, 0.1) is 21.4 Å². The predicted octanol–water partition coefficient (Wildman–Crippen LogP) is 4.31. The zero-order valence-electron chi connectivity index (χ0n) is 10.3. The molecule has 0 amide bonds. The number of non-ortho nitro benzene ring substituents is 1. The molecule has 0 unspecified atom stereocenters. The Bertz CT molecular complexity index is 698. The van der Waals surface area contributed by atoms with E-state index in [-0.39, 0.29) is 5.69 Å². The van der Waals surface area contributed by atoms with Gasteiger partial charge in [0, 0.05) is 17.2 Å². The largest absolute Gasteiger partial charge is 0.269 e. The number of hydrogen-bond acceptors (Lipinski definition) is 3. The molecule has 2 aromatic rings. The summed E-state index contributed by atoms with van der Waals surface area (Å²) in [4.78, 5) is 10.1. The Labute approximate surface area is 120 Å². The van der Waals surface area contributed by atoms with Crippen LogP contribution in [0.15, 0.2) is 48.5 Å². The summed E-state index contributed by atoms with van der Waals surface area (Å²) in [6.07, 6.45) is 1.67. The van der Waals surface area contributed by atoms with E-state index in [0.717, 1.165) is 11.1 Å². The third kappa shape index (κ3) is 3.22. The second-order valence-electron chi connectivity index (χ2n) is 4.03. The van der Waals surface area contributed by atoms with E-state index in [1.54, 1.807) is 42.5 Å². The third-order valence-electron chi connectivity index (χ3n) is 2.69. The van der Waals surface area contributed by atoms with Gasteiger partial charge in [-0.05, 0) is 41.5 Å². The van der Waals surface area contributed by atoms with Gasteiger partial charge in [-0.1, -0.05) is 23.7 Å². The minimum absolute atomic E-state index is 0.0205. The van der Waals surface area contributed by atoms with Gasteiger partial charge in [-0.25, -0.2) is 0 Å². The lowest BCUT2D eigenvalue weighted by molar-refractivity contribution is -0.384. The van der Waals surface area contributed by atoms with Gasteiger partial charge in [0.25, 0.3) is 5.69 Å². The number of nitrogens with zero attached hydrogens (tertiary/aromatic N) is 2. The lowest BCUT2D eigenvalue weighted by Crippen LogP contribution is -1.87. The monoisotopic (exact) mass is 284 g/mol. The summed E-state index contributed by atoms with van der Waals surface area (Å²) in [5.74, 6) is 0. The Kier molecular flexibility index (Phi) is 4.14. The van der Waals surface area contributed by atoms with Crippen LogP contribution in [-0.2, 0) is 0 Å². The van der Waals surface area contributed by atoms with E-state index >= 15 is 0 Å². The highest BCUT2D eigenvalue weighted by Gasteiger charge is 2.05. The summed E-state index contributed by atoms with van der Waals surface area (Å²) >= 11 is 5.80. The smallest absolute Gasteiger partial charge is 0.258 e. The molecular weight excluding hydrogens is 276 g/mol. The number of rotatable bonds is 3.